The summed E-state index contributed by atoms with van der Waals surface area (Å²) in [5.74, 6) is 1.74. The van der Waals surface area contributed by atoms with Gasteiger partial charge in [-0.25, -0.2) is 4.79 Å². The van der Waals surface area contributed by atoms with Crippen molar-refractivity contribution in [2.24, 2.45) is 0 Å². The summed E-state index contributed by atoms with van der Waals surface area (Å²) in [7, 11) is 1.68. The molecule has 7 heteroatoms. The third-order valence-electron chi connectivity index (χ3n) is 8.07. The predicted octanol–water partition coefficient (Wildman–Crippen LogP) is 3.30. The van der Waals surface area contributed by atoms with Gasteiger partial charge in [-0.1, -0.05) is 12.8 Å². The Hall–Kier alpha value is -1.99. The SMILES string of the molecule is COc1ccc(OCN2CCC(N3CCC(N4C(=O)N[C@H]5CCCC[C@@H]54)CC3)CC2)cc1. The van der Waals surface area contributed by atoms with E-state index >= 15 is 0 Å². The van der Waals surface area contributed by atoms with Gasteiger partial charge in [0.05, 0.1) is 19.2 Å². The molecular formula is C25H38N4O3. The monoisotopic (exact) mass is 442 g/mol. The molecule has 3 aliphatic heterocycles. The van der Waals surface area contributed by atoms with Gasteiger partial charge < -0.3 is 24.6 Å². The van der Waals surface area contributed by atoms with Gasteiger partial charge in [0, 0.05) is 38.3 Å². The molecule has 3 saturated heterocycles. The summed E-state index contributed by atoms with van der Waals surface area (Å²) in [5.41, 5.74) is 0. The number of nitrogens with one attached hydrogen (secondary N) is 1. The highest BCUT2D eigenvalue weighted by Gasteiger charge is 2.44. The second-order valence-corrected chi connectivity index (χ2v) is 9.88. The minimum Gasteiger partial charge on any atom is -0.497 e. The van der Waals surface area contributed by atoms with Gasteiger partial charge in [-0.2, -0.15) is 0 Å². The van der Waals surface area contributed by atoms with E-state index in [1.807, 2.05) is 24.3 Å². The average molecular weight is 443 g/mol. The second kappa shape index (κ2) is 9.87. The number of piperidine rings is 2. The number of carbonyl (C=O) groups is 1. The largest absolute Gasteiger partial charge is 0.497 e. The van der Waals surface area contributed by atoms with Crippen LogP contribution in [0.5, 0.6) is 11.5 Å². The predicted molar refractivity (Wildman–Crippen MR) is 124 cm³/mol. The molecule has 0 bridgehead atoms. The van der Waals surface area contributed by atoms with Gasteiger partial charge in [-0.3, -0.25) is 4.90 Å². The number of nitrogens with zero attached hydrogens (tertiary/aromatic N) is 3. The highest BCUT2D eigenvalue weighted by molar-refractivity contribution is 5.78. The molecule has 176 valence electrons. The number of amides is 2. The van der Waals surface area contributed by atoms with Crippen LogP contribution in [0.3, 0.4) is 0 Å². The fraction of sp³-hybridized carbons (Fsp3) is 0.720. The molecule has 1 aliphatic carbocycles. The molecule has 1 aromatic rings. The number of rotatable bonds is 6. The summed E-state index contributed by atoms with van der Waals surface area (Å²) >= 11 is 0. The van der Waals surface area contributed by atoms with E-state index in [9.17, 15) is 4.79 Å². The summed E-state index contributed by atoms with van der Waals surface area (Å²) < 4.78 is 11.2. The number of hydrogen-bond donors (Lipinski definition) is 1. The highest BCUT2D eigenvalue weighted by Crippen LogP contribution is 2.33. The zero-order valence-electron chi connectivity index (χ0n) is 19.4. The van der Waals surface area contributed by atoms with Crippen LogP contribution in [0.4, 0.5) is 4.79 Å². The van der Waals surface area contributed by atoms with Crippen LogP contribution >= 0.6 is 0 Å². The van der Waals surface area contributed by atoms with Crippen molar-refractivity contribution in [3.63, 3.8) is 0 Å². The Morgan fingerprint density at radius 2 is 1.53 bits per heavy atom. The number of methoxy groups -OCH3 is 1. The van der Waals surface area contributed by atoms with Crippen LogP contribution in [-0.2, 0) is 0 Å². The minimum atomic E-state index is 0.200. The number of likely N-dealkylation sites (tertiary alicyclic amines) is 2. The maximum Gasteiger partial charge on any atom is 0.318 e. The van der Waals surface area contributed by atoms with Crippen molar-refractivity contribution in [2.45, 2.75) is 75.5 Å². The zero-order valence-corrected chi connectivity index (χ0v) is 19.4. The minimum absolute atomic E-state index is 0.200. The molecule has 1 aromatic carbocycles. The van der Waals surface area contributed by atoms with E-state index in [1.54, 1.807) is 7.11 Å². The first-order valence-corrected chi connectivity index (χ1v) is 12.5. The van der Waals surface area contributed by atoms with Crippen LogP contribution in [0.2, 0.25) is 0 Å². The molecule has 3 heterocycles. The number of hydrogen-bond acceptors (Lipinski definition) is 5. The standard InChI is InChI=1S/C25H38N4O3/c1-31-21-6-8-22(9-7-21)32-18-27-14-10-19(11-15-27)28-16-12-20(13-17-28)29-24-5-3-2-4-23(24)26-25(29)30/h6-9,19-20,23-24H,2-5,10-18H2,1H3,(H,26,30)/t23-,24-/m0/s1. The summed E-state index contributed by atoms with van der Waals surface area (Å²) in [5, 5.41) is 3.26. The van der Waals surface area contributed by atoms with Gasteiger partial charge >= 0.3 is 6.03 Å². The lowest BCUT2D eigenvalue weighted by molar-refractivity contribution is 0.0362. The first-order chi connectivity index (χ1) is 15.7. The van der Waals surface area contributed by atoms with Gasteiger partial charge in [0.1, 0.15) is 18.2 Å². The summed E-state index contributed by atoms with van der Waals surface area (Å²) in [6.07, 6.45) is 9.52. The van der Waals surface area contributed by atoms with Gasteiger partial charge in [-0.15, -0.1) is 0 Å². The first kappa shape index (κ1) is 21.8. The average Bonchev–Trinajstić information content (AvgIpc) is 3.19. The third-order valence-corrected chi connectivity index (χ3v) is 8.07. The van der Waals surface area contributed by atoms with Crippen molar-refractivity contribution in [2.75, 3.05) is 40.0 Å². The topological polar surface area (TPSA) is 57.3 Å². The van der Waals surface area contributed by atoms with Gasteiger partial charge in [0.2, 0.25) is 0 Å². The molecule has 4 fully saturated rings. The molecule has 2 atom stereocenters. The van der Waals surface area contributed by atoms with Crippen LogP contribution < -0.4 is 14.8 Å². The van der Waals surface area contributed by atoms with E-state index in [4.69, 9.17) is 9.47 Å². The molecule has 4 aliphatic rings. The number of carbonyl (C=O) groups excluding carboxylic acids is 1. The molecule has 0 radical (unpaired) electrons. The lowest BCUT2D eigenvalue weighted by atomic mass is 9.89. The number of ether oxygens (including phenoxy) is 2. The highest BCUT2D eigenvalue weighted by atomic mass is 16.5. The van der Waals surface area contributed by atoms with E-state index in [-0.39, 0.29) is 6.03 Å². The fourth-order valence-electron chi connectivity index (χ4n) is 6.21. The van der Waals surface area contributed by atoms with Gasteiger partial charge in [0.25, 0.3) is 0 Å². The van der Waals surface area contributed by atoms with Crippen LogP contribution in [0.15, 0.2) is 24.3 Å². The molecule has 2 amide bonds. The maximum atomic E-state index is 12.6. The zero-order chi connectivity index (χ0) is 21.9. The Morgan fingerprint density at radius 3 is 2.25 bits per heavy atom. The van der Waals surface area contributed by atoms with Gasteiger partial charge in [0.15, 0.2) is 0 Å². The summed E-state index contributed by atoms with van der Waals surface area (Å²) in [4.78, 5) is 20.0. The Morgan fingerprint density at radius 1 is 0.875 bits per heavy atom. The Kier molecular flexibility index (Phi) is 6.74. The van der Waals surface area contributed by atoms with Crippen molar-refractivity contribution in [1.82, 2.24) is 20.0 Å². The molecule has 5 rings (SSSR count). The molecule has 1 saturated carbocycles. The van der Waals surface area contributed by atoms with E-state index in [0.29, 0.717) is 30.9 Å². The van der Waals surface area contributed by atoms with Crippen molar-refractivity contribution in [3.8, 4) is 11.5 Å². The molecule has 7 nitrogen and oxygen atoms in total. The van der Waals surface area contributed by atoms with Gasteiger partial charge in [-0.05, 0) is 62.8 Å². The molecule has 32 heavy (non-hydrogen) atoms. The van der Waals surface area contributed by atoms with Crippen LogP contribution in [0.1, 0.15) is 51.4 Å². The number of urea groups is 1. The van der Waals surface area contributed by atoms with Crippen LogP contribution in [0.25, 0.3) is 0 Å². The Balaban J connectivity index is 1.05. The fourth-order valence-corrected chi connectivity index (χ4v) is 6.21. The second-order valence-electron chi connectivity index (χ2n) is 9.88. The van der Waals surface area contributed by atoms with E-state index in [2.05, 4.69) is 20.0 Å². The van der Waals surface area contributed by atoms with E-state index in [0.717, 1.165) is 56.9 Å². The molecular weight excluding hydrogens is 404 g/mol. The summed E-state index contributed by atoms with van der Waals surface area (Å²) in [6, 6.07) is 9.94. The van der Waals surface area contributed by atoms with Crippen molar-refractivity contribution >= 4 is 6.03 Å². The lowest BCUT2D eigenvalue weighted by Crippen LogP contribution is -2.53. The van der Waals surface area contributed by atoms with Crippen LogP contribution in [0, 0.1) is 0 Å². The third kappa shape index (κ3) is 4.69. The normalized spacial score (nSPS) is 28.4. The van der Waals surface area contributed by atoms with Crippen LogP contribution in [-0.4, -0.2) is 84.9 Å². The molecule has 0 spiro atoms. The number of benzene rings is 1. The summed E-state index contributed by atoms with van der Waals surface area (Å²) in [6.45, 7) is 5.06. The first-order valence-electron chi connectivity index (χ1n) is 12.5. The van der Waals surface area contributed by atoms with E-state index in [1.165, 1.54) is 32.1 Å². The lowest BCUT2D eigenvalue weighted by Gasteiger charge is -2.44. The molecule has 1 N–H and O–H groups in total. The van der Waals surface area contributed by atoms with Crippen molar-refractivity contribution < 1.29 is 14.3 Å². The van der Waals surface area contributed by atoms with Crippen molar-refractivity contribution in [3.05, 3.63) is 24.3 Å². The number of fused-ring (bicyclic) bond motifs is 1. The molecule has 0 aromatic heterocycles. The van der Waals surface area contributed by atoms with Crippen molar-refractivity contribution in [1.29, 1.82) is 0 Å². The Bertz CT molecular complexity index is 757. The smallest absolute Gasteiger partial charge is 0.318 e. The molecule has 0 unspecified atom stereocenters. The van der Waals surface area contributed by atoms with E-state index < -0.39 is 0 Å². The quantitative estimate of drug-likeness (QED) is 0.733. The maximum absolute atomic E-state index is 12.6. The Labute approximate surface area is 192 Å².